The maximum atomic E-state index is 13.5. The van der Waals surface area contributed by atoms with Crippen LogP contribution in [-0.2, 0) is 30.0 Å². The number of benzene rings is 3. The van der Waals surface area contributed by atoms with Crippen LogP contribution in [0.1, 0.15) is 32.6 Å². The van der Waals surface area contributed by atoms with Crippen LogP contribution in [0.2, 0.25) is 0 Å². The van der Waals surface area contributed by atoms with Crippen molar-refractivity contribution in [2.24, 2.45) is 0 Å². The molecule has 2 amide bonds. The molecule has 1 fully saturated rings. The van der Waals surface area contributed by atoms with Crippen molar-refractivity contribution in [2.75, 3.05) is 19.6 Å². The van der Waals surface area contributed by atoms with Gasteiger partial charge in [0.1, 0.15) is 0 Å². The summed E-state index contributed by atoms with van der Waals surface area (Å²) in [5.41, 5.74) is -1.32. The number of nitrogens with one attached hydrogen (secondary N) is 1. The first-order chi connectivity index (χ1) is 19.4. The zero-order chi connectivity index (χ0) is 29.4. The SMILES string of the molecule is O=C(Cc1c[nH]c2ccccc12)N1CCN(C(=O)c2cc(C(F)(F)F)cc(C(F)(F)F)c2)[C@H](Cc2ccccc2)C1. The maximum absolute atomic E-state index is 13.5. The maximum Gasteiger partial charge on any atom is 0.416 e. The number of rotatable bonds is 5. The van der Waals surface area contributed by atoms with Gasteiger partial charge in [-0.25, -0.2) is 0 Å². The average molecular weight is 574 g/mol. The molecule has 5 rings (SSSR count). The summed E-state index contributed by atoms with van der Waals surface area (Å²) in [7, 11) is 0. The Morgan fingerprint density at radius 2 is 1.46 bits per heavy atom. The fourth-order valence-corrected chi connectivity index (χ4v) is 5.21. The van der Waals surface area contributed by atoms with E-state index in [2.05, 4.69) is 4.98 Å². The Morgan fingerprint density at radius 1 is 0.829 bits per heavy atom. The largest absolute Gasteiger partial charge is 0.416 e. The number of piperazine rings is 1. The Morgan fingerprint density at radius 3 is 2.12 bits per heavy atom. The van der Waals surface area contributed by atoms with Gasteiger partial charge in [-0.3, -0.25) is 9.59 Å². The number of fused-ring (bicyclic) bond motifs is 1. The van der Waals surface area contributed by atoms with Crippen molar-refractivity contribution in [3.05, 3.63) is 107 Å². The highest BCUT2D eigenvalue weighted by Gasteiger charge is 2.39. The first-order valence-corrected chi connectivity index (χ1v) is 12.9. The minimum Gasteiger partial charge on any atom is -0.361 e. The third kappa shape index (κ3) is 6.23. The monoisotopic (exact) mass is 573 g/mol. The lowest BCUT2D eigenvalue weighted by molar-refractivity contribution is -0.143. The van der Waals surface area contributed by atoms with E-state index in [9.17, 15) is 35.9 Å². The first kappa shape index (κ1) is 28.3. The molecule has 0 spiro atoms. The van der Waals surface area contributed by atoms with E-state index in [0.29, 0.717) is 12.1 Å². The molecule has 0 unspecified atom stereocenters. The molecule has 0 bridgehead atoms. The van der Waals surface area contributed by atoms with Crippen molar-refractivity contribution in [1.29, 1.82) is 0 Å². The number of hydrogen-bond acceptors (Lipinski definition) is 2. The number of carbonyl (C=O) groups excluding carboxylic acids is 2. The van der Waals surface area contributed by atoms with Gasteiger partial charge in [0.05, 0.1) is 23.6 Å². The molecular formula is C30H25F6N3O2. The third-order valence-electron chi connectivity index (χ3n) is 7.26. The minimum absolute atomic E-state index is 0.000447. The van der Waals surface area contributed by atoms with E-state index in [1.807, 2.05) is 24.3 Å². The van der Waals surface area contributed by atoms with Gasteiger partial charge < -0.3 is 14.8 Å². The molecule has 0 aliphatic carbocycles. The van der Waals surface area contributed by atoms with Gasteiger partial charge >= 0.3 is 12.4 Å². The predicted octanol–water partition coefficient (Wildman–Crippen LogP) is 6.34. The normalized spacial score (nSPS) is 16.3. The standard InChI is InChI=1S/C30H25F6N3O2/c31-29(32,33)22-13-20(14-23(16-22)30(34,35)36)28(41)39-11-10-38(18-24(39)12-19-6-2-1-3-7-19)27(40)15-21-17-37-26-9-5-4-8-25(21)26/h1-9,13-14,16-17,24,37H,10-12,15,18H2/t24-/m1/s1. The van der Waals surface area contributed by atoms with Gasteiger partial charge in [-0.05, 0) is 41.8 Å². The van der Waals surface area contributed by atoms with E-state index in [1.54, 1.807) is 41.4 Å². The van der Waals surface area contributed by atoms with Crippen LogP contribution in [0.3, 0.4) is 0 Å². The number of amides is 2. The Hall–Kier alpha value is -4.28. The molecule has 11 heteroatoms. The van der Waals surface area contributed by atoms with E-state index in [-0.39, 0.29) is 44.4 Å². The van der Waals surface area contributed by atoms with E-state index in [0.717, 1.165) is 22.0 Å². The number of aromatic nitrogens is 1. The number of alkyl halides is 6. The molecule has 2 heterocycles. The molecule has 0 radical (unpaired) electrons. The van der Waals surface area contributed by atoms with Crippen LogP contribution in [-0.4, -0.2) is 52.3 Å². The molecule has 5 nitrogen and oxygen atoms in total. The summed E-state index contributed by atoms with van der Waals surface area (Å²) in [5.74, 6) is -1.15. The summed E-state index contributed by atoms with van der Waals surface area (Å²) >= 11 is 0. The van der Waals surface area contributed by atoms with Crippen molar-refractivity contribution in [3.8, 4) is 0 Å². The van der Waals surface area contributed by atoms with Crippen LogP contribution < -0.4 is 0 Å². The Bertz CT molecular complexity index is 1530. The molecule has 4 aromatic rings. The smallest absolute Gasteiger partial charge is 0.361 e. The van der Waals surface area contributed by atoms with Crippen molar-refractivity contribution >= 4 is 22.7 Å². The number of para-hydroxylation sites is 1. The first-order valence-electron chi connectivity index (χ1n) is 12.9. The molecule has 41 heavy (non-hydrogen) atoms. The summed E-state index contributed by atoms with van der Waals surface area (Å²) in [5, 5.41) is 0.903. The quantitative estimate of drug-likeness (QED) is 0.283. The molecule has 1 N–H and O–H groups in total. The van der Waals surface area contributed by atoms with Crippen LogP contribution >= 0.6 is 0 Å². The van der Waals surface area contributed by atoms with E-state index >= 15 is 0 Å². The highest BCUT2D eigenvalue weighted by Crippen LogP contribution is 2.37. The van der Waals surface area contributed by atoms with Crippen LogP contribution in [0, 0.1) is 0 Å². The molecule has 1 saturated heterocycles. The van der Waals surface area contributed by atoms with Crippen molar-refractivity contribution < 1.29 is 35.9 Å². The average Bonchev–Trinajstić information content (AvgIpc) is 3.34. The molecular weight excluding hydrogens is 548 g/mol. The van der Waals surface area contributed by atoms with Crippen LogP contribution in [0.4, 0.5) is 26.3 Å². The molecule has 1 atom stereocenters. The Balaban J connectivity index is 1.43. The number of carbonyl (C=O) groups is 2. The lowest BCUT2D eigenvalue weighted by atomic mass is 9.98. The third-order valence-corrected chi connectivity index (χ3v) is 7.26. The van der Waals surface area contributed by atoms with Crippen molar-refractivity contribution in [3.63, 3.8) is 0 Å². The van der Waals surface area contributed by atoms with Gasteiger partial charge in [-0.2, -0.15) is 26.3 Å². The summed E-state index contributed by atoms with van der Waals surface area (Å²) in [6.07, 6.45) is -8.04. The molecule has 1 aliphatic heterocycles. The van der Waals surface area contributed by atoms with Crippen LogP contribution in [0.25, 0.3) is 10.9 Å². The van der Waals surface area contributed by atoms with Gasteiger partial charge in [-0.1, -0.05) is 48.5 Å². The second-order valence-corrected chi connectivity index (χ2v) is 10.0. The van der Waals surface area contributed by atoms with E-state index < -0.39 is 41.0 Å². The van der Waals surface area contributed by atoms with Crippen molar-refractivity contribution in [2.45, 2.75) is 31.2 Å². The predicted molar refractivity (Wildman–Crippen MR) is 140 cm³/mol. The molecule has 0 saturated carbocycles. The highest BCUT2D eigenvalue weighted by molar-refractivity contribution is 5.95. The number of aromatic amines is 1. The second kappa shape index (κ2) is 10.9. The summed E-state index contributed by atoms with van der Waals surface area (Å²) in [6, 6.07) is 16.7. The molecule has 214 valence electrons. The zero-order valence-electron chi connectivity index (χ0n) is 21.6. The number of hydrogen-bond donors (Lipinski definition) is 1. The van der Waals surface area contributed by atoms with Crippen molar-refractivity contribution in [1.82, 2.24) is 14.8 Å². The Kier molecular flexibility index (Phi) is 7.54. The molecule has 3 aromatic carbocycles. The van der Waals surface area contributed by atoms with Gasteiger partial charge in [0, 0.05) is 42.3 Å². The fraction of sp³-hybridized carbons (Fsp3) is 0.267. The zero-order valence-corrected chi connectivity index (χ0v) is 21.6. The number of H-pyrrole nitrogens is 1. The highest BCUT2D eigenvalue weighted by atomic mass is 19.4. The molecule has 1 aliphatic rings. The second-order valence-electron chi connectivity index (χ2n) is 10.0. The van der Waals surface area contributed by atoms with Gasteiger partial charge in [0.15, 0.2) is 0 Å². The topological polar surface area (TPSA) is 56.4 Å². The summed E-state index contributed by atoms with van der Waals surface area (Å²) in [6.45, 7) is 0.115. The van der Waals surface area contributed by atoms with E-state index in [1.165, 1.54) is 4.90 Å². The summed E-state index contributed by atoms with van der Waals surface area (Å²) in [4.78, 5) is 32.8. The Labute approximate surface area is 231 Å². The lowest BCUT2D eigenvalue weighted by Crippen LogP contribution is -2.57. The van der Waals surface area contributed by atoms with Gasteiger partial charge in [0.25, 0.3) is 5.91 Å². The number of halogens is 6. The summed E-state index contributed by atoms with van der Waals surface area (Å²) < 4.78 is 80.8. The van der Waals surface area contributed by atoms with Crippen LogP contribution in [0.15, 0.2) is 79.0 Å². The van der Waals surface area contributed by atoms with E-state index in [4.69, 9.17) is 0 Å². The molecule has 1 aromatic heterocycles. The van der Waals surface area contributed by atoms with Crippen LogP contribution in [0.5, 0.6) is 0 Å². The fourth-order valence-electron chi connectivity index (χ4n) is 5.21. The minimum atomic E-state index is -5.08. The number of nitrogens with zero attached hydrogens (tertiary/aromatic N) is 2. The van der Waals surface area contributed by atoms with Gasteiger partial charge in [-0.15, -0.1) is 0 Å². The van der Waals surface area contributed by atoms with Gasteiger partial charge in [0.2, 0.25) is 5.91 Å². The lowest BCUT2D eigenvalue weighted by Gasteiger charge is -2.42.